The smallest absolute Gasteiger partial charge is 0.230 e. The lowest BCUT2D eigenvalue weighted by atomic mass is 9.76. The summed E-state index contributed by atoms with van der Waals surface area (Å²) in [7, 11) is 1.78. The quantitative estimate of drug-likeness (QED) is 0.758. The number of thiazole rings is 1. The van der Waals surface area contributed by atoms with Crippen molar-refractivity contribution in [2.24, 2.45) is 11.8 Å². The Hall–Kier alpha value is -1.73. The Balaban J connectivity index is 1.58. The molecule has 26 heavy (non-hydrogen) atoms. The highest BCUT2D eigenvalue weighted by Gasteiger charge is 2.68. The Labute approximate surface area is 157 Å². The predicted molar refractivity (Wildman–Crippen MR) is 98.5 cm³/mol. The fourth-order valence-corrected chi connectivity index (χ4v) is 5.01. The van der Waals surface area contributed by atoms with Gasteiger partial charge >= 0.3 is 0 Å². The molecule has 2 saturated heterocycles. The van der Waals surface area contributed by atoms with Gasteiger partial charge in [0.2, 0.25) is 11.8 Å². The van der Waals surface area contributed by atoms with Crippen molar-refractivity contribution in [1.82, 2.24) is 14.8 Å². The Morgan fingerprint density at radius 3 is 2.85 bits per heavy atom. The fourth-order valence-electron chi connectivity index (χ4n) is 4.40. The second kappa shape index (κ2) is 5.63. The van der Waals surface area contributed by atoms with Crippen molar-refractivity contribution in [1.29, 1.82) is 0 Å². The van der Waals surface area contributed by atoms with Crippen molar-refractivity contribution in [2.45, 2.75) is 51.5 Å². The van der Waals surface area contributed by atoms with Crippen LogP contribution in [-0.4, -0.2) is 57.4 Å². The minimum Gasteiger partial charge on any atom is -0.360 e. The van der Waals surface area contributed by atoms with E-state index in [4.69, 9.17) is 4.74 Å². The van der Waals surface area contributed by atoms with Gasteiger partial charge in [0.1, 0.15) is 5.60 Å². The fraction of sp³-hybridized carbons (Fsp3) is 0.632. The maximum absolute atomic E-state index is 13.2. The average Bonchev–Trinajstić information content (AvgIpc) is 3.27. The summed E-state index contributed by atoms with van der Waals surface area (Å²) in [5, 5.41) is 2.96. The maximum Gasteiger partial charge on any atom is 0.230 e. The molecule has 0 aromatic carbocycles. The average molecular weight is 375 g/mol. The molecule has 3 aliphatic rings. The van der Waals surface area contributed by atoms with Gasteiger partial charge in [-0.15, -0.1) is 11.3 Å². The highest BCUT2D eigenvalue weighted by atomic mass is 32.1. The van der Waals surface area contributed by atoms with E-state index in [-0.39, 0.29) is 23.5 Å². The summed E-state index contributed by atoms with van der Waals surface area (Å²) < 4.78 is 6.18. The standard InChI is InChI=1S/C19H25N3O3S/c1-11-20-12(9-26-11)8-21(5)16(23)14-13-6-7-19(25-13)10-22(18(2,3)4)17(24)15(14)19/h6-7,9,13-15H,8,10H2,1-5H3/t13-,14?,15?,19-/m1/s1. The van der Waals surface area contributed by atoms with Crippen molar-refractivity contribution >= 4 is 23.2 Å². The number of carbonyl (C=O) groups excluding carboxylic acids is 2. The monoisotopic (exact) mass is 375 g/mol. The minimum atomic E-state index is -0.645. The molecule has 140 valence electrons. The molecule has 0 radical (unpaired) electrons. The molecular formula is C19H25N3O3S. The number of hydrogen-bond donors (Lipinski definition) is 0. The van der Waals surface area contributed by atoms with E-state index in [1.165, 1.54) is 0 Å². The number of amides is 2. The number of nitrogens with zero attached hydrogens (tertiary/aromatic N) is 3. The summed E-state index contributed by atoms with van der Waals surface area (Å²) in [5.41, 5.74) is -0.0528. The minimum absolute atomic E-state index is 0.0283. The van der Waals surface area contributed by atoms with E-state index >= 15 is 0 Å². The van der Waals surface area contributed by atoms with Gasteiger partial charge in [0, 0.05) is 18.0 Å². The molecular weight excluding hydrogens is 350 g/mol. The van der Waals surface area contributed by atoms with E-state index < -0.39 is 17.4 Å². The van der Waals surface area contributed by atoms with Gasteiger partial charge in [-0.25, -0.2) is 4.98 Å². The zero-order chi connectivity index (χ0) is 18.9. The lowest BCUT2D eigenvalue weighted by molar-refractivity contribution is -0.144. The third kappa shape index (κ3) is 2.52. The van der Waals surface area contributed by atoms with Crippen LogP contribution in [0.15, 0.2) is 17.5 Å². The first-order valence-corrected chi connectivity index (χ1v) is 9.85. The van der Waals surface area contributed by atoms with Crippen LogP contribution in [0.25, 0.3) is 0 Å². The van der Waals surface area contributed by atoms with Gasteiger partial charge in [0.05, 0.1) is 41.7 Å². The van der Waals surface area contributed by atoms with E-state index in [1.54, 1.807) is 23.3 Å². The molecule has 2 bridgehead atoms. The number of aromatic nitrogens is 1. The number of fused-ring (bicyclic) bond motifs is 1. The molecule has 3 aliphatic heterocycles. The molecule has 0 N–H and O–H groups in total. The van der Waals surface area contributed by atoms with Crippen LogP contribution in [0.3, 0.4) is 0 Å². The number of hydrogen-bond acceptors (Lipinski definition) is 5. The Morgan fingerprint density at radius 1 is 1.50 bits per heavy atom. The van der Waals surface area contributed by atoms with Crippen molar-refractivity contribution in [3.05, 3.63) is 28.2 Å². The van der Waals surface area contributed by atoms with Gasteiger partial charge in [0.25, 0.3) is 0 Å². The number of likely N-dealkylation sites (tertiary alicyclic amines) is 1. The summed E-state index contributed by atoms with van der Waals surface area (Å²) in [6, 6.07) is 0. The van der Waals surface area contributed by atoms with E-state index in [1.807, 2.05) is 50.1 Å². The third-order valence-corrected chi connectivity index (χ3v) is 6.46. The van der Waals surface area contributed by atoms with Crippen LogP contribution in [0.2, 0.25) is 0 Å². The van der Waals surface area contributed by atoms with Crippen LogP contribution in [0, 0.1) is 18.8 Å². The van der Waals surface area contributed by atoms with Gasteiger partial charge in [-0.3, -0.25) is 9.59 Å². The van der Waals surface area contributed by atoms with Gasteiger partial charge in [-0.05, 0) is 27.7 Å². The van der Waals surface area contributed by atoms with Crippen molar-refractivity contribution < 1.29 is 14.3 Å². The SMILES string of the molecule is Cc1nc(CN(C)C(=O)C2C3C(=O)N(C(C)(C)C)C[C@]34C=C[C@H]2O4)cs1. The molecule has 4 atom stereocenters. The predicted octanol–water partition coefficient (Wildman–Crippen LogP) is 1.99. The molecule has 4 heterocycles. The zero-order valence-electron chi connectivity index (χ0n) is 15.9. The van der Waals surface area contributed by atoms with Gasteiger partial charge in [-0.2, -0.15) is 0 Å². The van der Waals surface area contributed by atoms with E-state index in [9.17, 15) is 9.59 Å². The second-order valence-electron chi connectivity index (χ2n) is 8.55. The van der Waals surface area contributed by atoms with Gasteiger partial charge in [0.15, 0.2) is 0 Å². The molecule has 0 saturated carbocycles. The van der Waals surface area contributed by atoms with E-state index in [2.05, 4.69) is 4.98 Å². The maximum atomic E-state index is 13.2. The van der Waals surface area contributed by atoms with Crippen molar-refractivity contribution in [2.75, 3.05) is 13.6 Å². The van der Waals surface area contributed by atoms with Crippen LogP contribution < -0.4 is 0 Å². The van der Waals surface area contributed by atoms with Gasteiger partial charge < -0.3 is 14.5 Å². The molecule has 7 heteroatoms. The second-order valence-corrected chi connectivity index (χ2v) is 9.61. The first-order chi connectivity index (χ1) is 12.1. The lowest BCUT2D eigenvalue weighted by Gasteiger charge is -2.34. The Kier molecular flexibility index (Phi) is 3.83. The molecule has 2 unspecified atom stereocenters. The normalized spacial score (nSPS) is 32.4. The van der Waals surface area contributed by atoms with Crippen LogP contribution in [-0.2, 0) is 20.9 Å². The zero-order valence-corrected chi connectivity index (χ0v) is 16.7. The number of ether oxygens (including phenoxy) is 1. The van der Waals surface area contributed by atoms with Crippen molar-refractivity contribution in [3.63, 3.8) is 0 Å². The molecule has 1 spiro atoms. The summed E-state index contributed by atoms with van der Waals surface area (Å²) in [4.78, 5) is 34.3. The molecule has 2 amide bonds. The number of rotatable bonds is 3. The summed E-state index contributed by atoms with van der Waals surface area (Å²) in [5.74, 6) is -0.894. The van der Waals surface area contributed by atoms with E-state index in [0.29, 0.717) is 13.1 Å². The molecule has 2 fully saturated rings. The topological polar surface area (TPSA) is 62.7 Å². The first kappa shape index (κ1) is 17.7. The molecule has 0 aliphatic carbocycles. The third-order valence-electron chi connectivity index (χ3n) is 5.64. The summed E-state index contributed by atoms with van der Waals surface area (Å²) >= 11 is 1.57. The Bertz CT molecular complexity index is 796. The summed E-state index contributed by atoms with van der Waals surface area (Å²) in [6.07, 6.45) is 3.65. The molecule has 4 rings (SSSR count). The van der Waals surface area contributed by atoms with Crippen LogP contribution in [0.5, 0.6) is 0 Å². The number of carbonyl (C=O) groups is 2. The summed E-state index contributed by atoms with van der Waals surface area (Å²) in [6.45, 7) is 8.98. The highest BCUT2D eigenvalue weighted by molar-refractivity contribution is 7.09. The molecule has 6 nitrogen and oxygen atoms in total. The first-order valence-electron chi connectivity index (χ1n) is 8.97. The largest absolute Gasteiger partial charge is 0.360 e. The number of aryl methyl sites for hydroxylation is 1. The molecule has 1 aromatic rings. The van der Waals surface area contributed by atoms with Crippen LogP contribution >= 0.6 is 11.3 Å². The van der Waals surface area contributed by atoms with E-state index in [0.717, 1.165) is 10.7 Å². The Morgan fingerprint density at radius 2 is 2.23 bits per heavy atom. The van der Waals surface area contributed by atoms with Gasteiger partial charge in [-0.1, -0.05) is 12.2 Å². The van der Waals surface area contributed by atoms with Crippen LogP contribution in [0.1, 0.15) is 31.5 Å². The van der Waals surface area contributed by atoms with Crippen LogP contribution in [0.4, 0.5) is 0 Å². The van der Waals surface area contributed by atoms with Crippen molar-refractivity contribution in [3.8, 4) is 0 Å². The molecule has 1 aromatic heterocycles. The highest BCUT2D eigenvalue weighted by Crippen LogP contribution is 2.53. The lowest BCUT2D eigenvalue weighted by Crippen LogP contribution is -2.47.